The molecule has 0 heterocycles. The molecule has 1 nitrogen and oxygen atoms in total. The van der Waals surface area contributed by atoms with Crippen LogP contribution in [0.15, 0.2) is 0 Å². The van der Waals surface area contributed by atoms with Crippen LogP contribution in [0.4, 0.5) is 0 Å². The molecular weight excluding hydrogens is 376 g/mol. The highest BCUT2D eigenvalue weighted by Gasteiger charge is 2.60. The molecule has 11 atom stereocenters. The van der Waals surface area contributed by atoms with Gasteiger partial charge in [-0.2, -0.15) is 0 Å². The molecule has 0 amide bonds. The van der Waals surface area contributed by atoms with Crippen LogP contribution < -0.4 is 0 Å². The largest absolute Gasteiger partial charge is 0.393 e. The van der Waals surface area contributed by atoms with Crippen LogP contribution >= 0.6 is 0 Å². The Balaban J connectivity index is 1.42. The number of hydrogen-bond acceptors (Lipinski definition) is 1. The van der Waals surface area contributed by atoms with Gasteiger partial charge < -0.3 is 5.11 Å². The molecule has 0 aromatic rings. The van der Waals surface area contributed by atoms with Crippen LogP contribution in [0.1, 0.15) is 119 Å². The first-order valence-electron chi connectivity index (χ1n) is 14.3. The fourth-order valence-electron chi connectivity index (χ4n) is 9.86. The summed E-state index contributed by atoms with van der Waals surface area (Å²) in [5, 5.41) is 10.3. The lowest BCUT2D eigenvalue weighted by molar-refractivity contribution is -0.129. The summed E-state index contributed by atoms with van der Waals surface area (Å²) in [5.41, 5.74) is 1.13. The zero-order chi connectivity index (χ0) is 22.6. The summed E-state index contributed by atoms with van der Waals surface area (Å²) >= 11 is 0. The van der Waals surface area contributed by atoms with Gasteiger partial charge in [0.05, 0.1) is 6.10 Å². The van der Waals surface area contributed by atoms with E-state index in [1.807, 2.05) is 0 Å². The molecule has 4 rings (SSSR count). The first-order chi connectivity index (χ1) is 14.6. The van der Waals surface area contributed by atoms with E-state index in [4.69, 9.17) is 0 Å². The third kappa shape index (κ3) is 4.17. The molecule has 4 aliphatic rings. The van der Waals surface area contributed by atoms with Gasteiger partial charge >= 0.3 is 0 Å². The Kier molecular flexibility index (Phi) is 6.96. The molecule has 0 aromatic heterocycles. The van der Waals surface area contributed by atoms with Gasteiger partial charge in [0.15, 0.2) is 0 Å². The predicted molar refractivity (Wildman–Crippen MR) is 133 cm³/mol. The zero-order valence-corrected chi connectivity index (χ0v) is 22.0. The fraction of sp³-hybridized carbons (Fsp3) is 1.00. The third-order valence-corrected chi connectivity index (χ3v) is 12.4. The SMILES string of the molecule is CC(C)C(C)[C@H](C)CC[C@@H](C)[C@H]1CC[C@H]2[C@@H]3CC[C@H]4C[C@@H](O)CC[C@]4(C)[C@H]3CC[C@]12C. The first kappa shape index (κ1) is 24.1. The molecule has 4 saturated carbocycles. The van der Waals surface area contributed by atoms with Gasteiger partial charge in [-0.3, -0.25) is 0 Å². The van der Waals surface area contributed by atoms with E-state index in [1.54, 1.807) is 0 Å². The molecule has 1 heteroatoms. The van der Waals surface area contributed by atoms with E-state index < -0.39 is 0 Å². The van der Waals surface area contributed by atoms with Crippen LogP contribution in [-0.4, -0.2) is 11.2 Å². The Morgan fingerprint density at radius 2 is 1.45 bits per heavy atom. The molecule has 1 N–H and O–H groups in total. The summed E-state index contributed by atoms with van der Waals surface area (Å²) in [4.78, 5) is 0. The van der Waals surface area contributed by atoms with Crippen molar-refractivity contribution in [3.8, 4) is 0 Å². The molecule has 4 fully saturated rings. The number of aliphatic hydroxyl groups excluding tert-OH is 1. The van der Waals surface area contributed by atoms with Crippen LogP contribution in [0, 0.1) is 64.1 Å². The zero-order valence-electron chi connectivity index (χ0n) is 22.0. The van der Waals surface area contributed by atoms with Crippen molar-refractivity contribution < 1.29 is 5.11 Å². The van der Waals surface area contributed by atoms with Crippen molar-refractivity contribution in [2.75, 3.05) is 0 Å². The molecule has 0 radical (unpaired) electrons. The van der Waals surface area contributed by atoms with E-state index in [-0.39, 0.29) is 6.10 Å². The highest BCUT2D eigenvalue weighted by atomic mass is 16.3. The summed E-state index contributed by atoms with van der Waals surface area (Å²) in [6.07, 6.45) is 15.1. The van der Waals surface area contributed by atoms with Gasteiger partial charge in [-0.1, -0.05) is 61.3 Å². The molecular formula is C30H54O. The average molecular weight is 431 g/mol. The second kappa shape index (κ2) is 8.96. The van der Waals surface area contributed by atoms with E-state index in [2.05, 4.69) is 48.5 Å². The minimum atomic E-state index is -0.0130. The maximum atomic E-state index is 10.3. The van der Waals surface area contributed by atoms with Crippen LogP contribution in [0.2, 0.25) is 0 Å². The van der Waals surface area contributed by atoms with Crippen molar-refractivity contribution in [3.63, 3.8) is 0 Å². The van der Waals surface area contributed by atoms with E-state index >= 15 is 0 Å². The van der Waals surface area contributed by atoms with Gasteiger partial charge in [-0.25, -0.2) is 0 Å². The highest BCUT2D eigenvalue weighted by Crippen LogP contribution is 2.68. The maximum Gasteiger partial charge on any atom is 0.0543 e. The van der Waals surface area contributed by atoms with Crippen molar-refractivity contribution in [1.29, 1.82) is 0 Å². The van der Waals surface area contributed by atoms with Crippen LogP contribution in [0.3, 0.4) is 0 Å². The predicted octanol–water partition coefficient (Wildman–Crippen LogP) is 8.35. The van der Waals surface area contributed by atoms with Crippen molar-refractivity contribution in [2.24, 2.45) is 64.1 Å². The maximum absolute atomic E-state index is 10.3. The van der Waals surface area contributed by atoms with Gasteiger partial charge in [0.2, 0.25) is 0 Å². The molecule has 1 unspecified atom stereocenters. The molecule has 0 aliphatic heterocycles. The van der Waals surface area contributed by atoms with Crippen molar-refractivity contribution in [1.82, 2.24) is 0 Å². The second-order valence-corrected chi connectivity index (χ2v) is 13.9. The summed E-state index contributed by atoms with van der Waals surface area (Å²) in [5.74, 6) is 8.07. The van der Waals surface area contributed by atoms with E-state index in [9.17, 15) is 5.11 Å². The van der Waals surface area contributed by atoms with Crippen LogP contribution in [-0.2, 0) is 0 Å². The van der Waals surface area contributed by atoms with Gasteiger partial charge in [-0.05, 0) is 122 Å². The Morgan fingerprint density at radius 3 is 2.16 bits per heavy atom. The number of fused-ring (bicyclic) bond motifs is 5. The molecule has 180 valence electrons. The number of rotatable bonds is 6. The topological polar surface area (TPSA) is 20.2 Å². The average Bonchev–Trinajstić information content (AvgIpc) is 3.09. The molecule has 0 spiro atoms. The quantitative estimate of drug-likeness (QED) is 0.449. The third-order valence-electron chi connectivity index (χ3n) is 12.4. The number of aliphatic hydroxyl groups is 1. The van der Waals surface area contributed by atoms with Gasteiger partial charge in [0.25, 0.3) is 0 Å². The van der Waals surface area contributed by atoms with Crippen molar-refractivity contribution in [3.05, 3.63) is 0 Å². The molecule has 4 aliphatic carbocycles. The van der Waals surface area contributed by atoms with Crippen molar-refractivity contribution >= 4 is 0 Å². The smallest absolute Gasteiger partial charge is 0.0543 e. The molecule has 0 aromatic carbocycles. The first-order valence-corrected chi connectivity index (χ1v) is 14.3. The lowest BCUT2D eigenvalue weighted by Gasteiger charge is -2.61. The van der Waals surface area contributed by atoms with Crippen molar-refractivity contribution in [2.45, 2.75) is 125 Å². The van der Waals surface area contributed by atoms with Gasteiger partial charge in [-0.15, -0.1) is 0 Å². The fourth-order valence-corrected chi connectivity index (χ4v) is 9.86. The van der Waals surface area contributed by atoms with E-state index in [0.29, 0.717) is 10.8 Å². The minimum absolute atomic E-state index is 0.0130. The highest BCUT2D eigenvalue weighted by molar-refractivity contribution is 5.09. The summed E-state index contributed by atoms with van der Waals surface area (Å²) in [6.45, 7) is 17.7. The lowest BCUT2D eigenvalue weighted by atomic mass is 9.44. The van der Waals surface area contributed by atoms with E-state index in [0.717, 1.165) is 66.1 Å². The summed E-state index contributed by atoms with van der Waals surface area (Å²) in [7, 11) is 0. The Bertz CT molecular complexity index is 612. The van der Waals surface area contributed by atoms with E-state index in [1.165, 1.54) is 57.8 Å². The standard InChI is InChI=1S/C30H54O/c1-19(2)22(5)20(3)8-9-21(4)26-12-13-27-25-11-10-23-18-24(31)14-16-29(23,6)28(25)15-17-30(26,27)7/h19-28,31H,8-18H2,1-7H3/t20-,21-,22?,23+,24+,25+,26-,27+,28+,29+,30-/m1/s1. The molecule has 31 heavy (non-hydrogen) atoms. The Morgan fingerprint density at radius 1 is 0.774 bits per heavy atom. The van der Waals surface area contributed by atoms with Gasteiger partial charge in [0, 0.05) is 0 Å². The molecule has 0 saturated heterocycles. The second-order valence-electron chi connectivity index (χ2n) is 13.9. The van der Waals surface area contributed by atoms with Gasteiger partial charge in [0.1, 0.15) is 0 Å². The normalized spacial score (nSPS) is 47.9. The monoisotopic (exact) mass is 430 g/mol. The lowest BCUT2D eigenvalue weighted by Crippen LogP contribution is -2.54. The Hall–Kier alpha value is -0.0400. The van der Waals surface area contributed by atoms with Crippen LogP contribution in [0.25, 0.3) is 0 Å². The summed E-state index contributed by atoms with van der Waals surface area (Å²) < 4.78 is 0. The Labute approximate surface area is 194 Å². The molecule has 0 bridgehead atoms. The summed E-state index contributed by atoms with van der Waals surface area (Å²) in [6, 6.07) is 0. The van der Waals surface area contributed by atoms with Crippen LogP contribution in [0.5, 0.6) is 0 Å². The minimum Gasteiger partial charge on any atom is -0.393 e. The number of hydrogen-bond donors (Lipinski definition) is 1.